The molecule has 0 radical (unpaired) electrons. The van der Waals surface area contributed by atoms with Gasteiger partial charge in [-0.1, -0.05) is 32.4 Å². The van der Waals surface area contributed by atoms with E-state index in [2.05, 4.69) is 36.0 Å². The number of aromatic nitrogens is 1. The summed E-state index contributed by atoms with van der Waals surface area (Å²) >= 11 is 7.57. The van der Waals surface area contributed by atoms with Crippen molar-refractivity contribution in [3.8, 4) is 0 Å². The molecule has 1 atom stereocenters. The van der Waals surface area contributed by atoms with Gasteiger partial charge >= 0.3 is 0 Å². The molecule has 128 valence electrons. The second-order valence-electron chi connectivity index (χ2n) is 7.35. The fourth-order valence-electron chi connectivity index (χ4n) is 3.05. The second-order valence-corrected chi connectivity index (χ2v) is 8.73. The van der Waals surface area contributed by atoms with Crippen LogP contribution in [0.2, 0.25) is 5.02 Å². The number of ketones is 1. The number of carbonyl (C=O) groups excluding carboxylic acids is 1. The molecule has 1 aromatic heterocycles. The van der Waals surface area contributed by atoms with Gasteiger partial charge in [0, 0.05) is 28.0 Å². The van der Waals surface area contributed by atoms with Gasteiger partial charge < -0.3 is 4.90 Å². The van der Waals surface area contributed by atoms with Crippen LogP contribution in [0.3, 0.4) is 0 Å². The van der Waals surface area contributed by atoms with Crippen molar-refractivity contribution in [1.82, 2.24) is 4.98 Å². The molecule has 1 aliphatic rings. The van der Waals surface area contributed by atoms with Crippen LogP contribution >= 0.6 is 22.9 Å². The van der Waals surface area contributed by atoms with Crippen molar-refractivity contribution >= 4 is 34.4 Å². The van der Waals surface area contributed by atoms with E-state index in [9.17, 15) is 4.79 Å². The molecule has 1 fully saturated rings. The third-order valence-corrected chi connectivity index (χ3v) is 5.53. The lowest BCUT2D eigenvalue weighted by Gasteiger charge is -2.25. The Morgan fingerprint density at radius 2 is 2.04 bits per heavy atom. The summed E-state index contributed by atoms with van der Waals surface area (Å²) in [5.41, 5.74) is 2.17. The molecule has 1 saturated heterocycles. The molecule has 0 saturated carbocycles. The molecule has 3 rings (SSSR count). The van der Waals surface area contributed by atoms with Gasteiger partial charge in [0.25, 0.3) is 0 Å². The first-order chi connectivity index (χ1) is 11.3. The van der Waals surface area contributed by atoms with Crippen LogP contribution in [0.15, 0.2) is 29.6 Å². The van der Waals surface area contributed by atoms with Gasteiger partial charge in [0.2, 0.25) is 0 Å². The number of anilines is 1. The molecule has 5 heteroatoms. The summed E-state index contributed by atoms with van der Waals surface area (Å²) in [4.78, 5) is 19.7. The molecule has 0 spiro atoms. The van der Waals surface area contributed by atoms with Crippen LogP contribution in [0.1, 0.15) is 44.3 Å². The molecule has 24 heavy (non-hydrogen) atoms. The van der Waals surface area contributed by atoms with Gasteiger partial charge in [-0.3, -0.25) is 4.79 Å². The fourth-order valence-corrected chi connectivity index (χ4v) is 4.20. The normalized spacial score (nSPS) is 18.2. The van der Waals surface area contributed by atoms with E-state index in [-0.39, 0.29) is 17.2 Å². The Hall–Kier alpha value is -1.39. The van der Waals surface area contributed by atoms with Crippen LogP contribution in [0.4, 0.5) is 5.69 Å². The van der Waals surface area contributed by atoms with E-state index in [1.165, 1.54) is 0 Å². The molecule has 0 aliphatic carbocycles. The first-order valence-electron chi connectivity index (χ1n) is 8.34. The molecule has 0 unspecified atom stereocenters. The van der Waals surface area contributed by atoms with Crippen LogP contribution in [0.25, 0.3) is 0 Å². The molecule has 2 heterocycles. The first-order valence-corrected chi connectivity index (χ1v) is 9.60. The SMILES string of the molecule is CC(C)(C)c1csc(CC(=O)[C@@H]2CCCN2c2ccc(Cl)cc2)n1. The van der Waals surface area contributed by atoms with E-state index in [4.69, 9.17) is 11.6 Å². The summed E-state index contributed by atoms with van der Waals surface area (Å²) in [6.07, 6.45) is 2.39. The van der Waals surface area contributed by atoms with Crippen molar-refractivity contribution in [2.45, 2.75) is 51.5 Å². The predicted octanol–water partition coefficient (Wildman–Crippen LogP) is 4.87. The molecular weight excluding hydrogens is 340 g/mol. The second kappa shape index (κ2) is 6.85. The first kappa shape index (κ1) is 17.4. The van der Waals surface area contributed by atoms with Gasteiger partial charge in [0.05, 0.1) is 18.2 Å². The number of rotatable bonds is 4. The number of halogens is 1. The summed E-state index contributed by atoms with van der Waals surface area (Å²) in [6, 6.07) is 7.71. The number of thiazole rings is 1. The maximum absolute atomic E-state index is 12.8. The standard InChI is InChI=1S/C19H23ClN2OS/c1-19(2,3)17-12-24-18(21-17)11-16(23)15-5-4-10-22(15)14-8-6-13(20)7-9-14/h6-9,12,15H,4-5,10-11H2,1-3H3/t15-/m0/s1. The maximum atomic E-state index is 12.8. The van der Waals surface area contributed by atoms with Crippen LogP contribution in [0.5, 0.6) is 0 Å². The van der Waals surface area contributed by atoms with Crippen molar-refractivity contribution < 1.29 is 4.79 Å². The Kier molecular flexibility index (Phi) is 4.97. The minimum absolute atomic E-state index is 0.0283. The zero-order chi connectivity index (χ0) is 17.3. The minimum Gasteiger partial charge on any atom is -0.361 e. The number of Topliss-reactive ketones (excluding diaryl/α,β-unsaturated/α-hetero) is 1. The fraction of sp³-hybridized carbons (Fsp3) is 0.474. The smallest absolute Gasteiger partial charge is 0.162 e. The van der Waals surface area contributed by atoms with E-state index in [0.717, 1.165) is 40.8 Å². The predicted molar refractivity (Wildman–Crippen MR) is 101 cm³/mol. The number of hydrogen-bond acceptors (Lipinski definition) is 4. The number of hydrogen-bond donors (Lipinski definition) is 0. The topological polar surface area (TPSA) is 33.2 Å². The molecule has 0 bridgehead atoms. The van der Waals surface area contributed by atoms with Gasteiger partial charge in [-0.2, -0.15) is 0 Å². The summed E-state index contributed by atoms with van der Waals surface area (Å²) in [5.74, 6) is 0.261. The average molecular weight is 363 g/mol. The lowest BCUT2D eigenvalue weighted by Crippen LogP contribution is -2.37. The quantitative estimate of drug-likeness (QED) is 0.777. The molecular formula is C19H23ClN2OS. The third-order valence-electron chi connectivity index (χ3n) is 4.43. The highest BCUT2D eigenvalue weighted by Crippen LogP contribution is 2.29. The highest BCUT2D eigenvalue weighted by Gasteiger charge is 2.31. The largest absolute Gasteiger partial charge is 0.361 e. The van der Waals surface area contributed by atoms with Crippen molar-refractivity contribution in [3.05, 3.63) is 45.4 Å². The zero-order valence-electron chi connectivity index (χ0n) is 14.4. The Bertz CT molecular complexity index is 718. The Balaban J connectivity index is 1.72. The minimum atomic E-state index is -0.0480. The number of benzene rings is 1. The van der Waals surface area contributed by atoms with Crippen molar-refractivity contribution in [1.29, 1.82) is 0 Å². The molecule has 1 aromatic carbocycles. The van der Waals surface area contributed by atoms with Crippen LogP contribution < -0.4 is 4.90 Å². The molecule has 2 aromatic rings. The van der Waals surface area contributed by atoms with E-state index in [1.54, 1.807) is 11.3 Å². The summed E-state index contributed by atoms with van der Waals surface area (Å²) in [6.45, 7) is 7.36. The Morgan fingerprint density at radius 3 is 2.67 bits per heavy atom. The lowest BCUT2D eigenvalue weighted by atomic mass is 9.93. The third kappa shape index (κ3) is 3.81. The van der Waals surface area contributed by atoms with Gasteiger partial charge in [-0.15, -0.1) is 11.3 Å². The van der Waals surface area contributed by atoms with E-state index >= 15 is 0 Å². The van der Waals surface area contributed by atoms with Gasteiger partial charge in [0.1, 0.15) is 5.01 Å². The van der Waals surface area contributed by atoms with Crippen LogP contribution in [0, 0.1) is 0 Å². The highest BCUT2D eigenvalue weighted by atomic mass is 35.5. The van der Waals surface area contributed by atoms with Crippen molar-refractivity contribution in [3.63, 3.8) is 0 Å². The molecule has 0 amide bonds. The Labute approximate surface area is 152 Å². The maximum Gasteiger partial charge on any atom is 0.162 e. The van der Waals surface area contributed by atoms with Gasteiger partial charge in [0.15, 0.2) is 5.78 Å². The van der Waals surface area contributed by atoms with E-state index in [0.29, 0.717) is 6.42 Å². The van der Waals surface area contributed by atoms with E-state index < -0.39 is 0 Å². The molecule has 1 aliphatic heterocycles. The summed E-state index contributed by atoms with van der Waals surface area (Å²) in [7, 11) is 0. The van der Waals surface area contributed by atoms with Gasteiger partial charge in [-0.05, 0) is 37.1 Å². The summed E-state index contributed by atoms with van der Waals surface area (Å²) < 4.78 is 0. The summed E-state index contributed by atoms with van der Waals surface area (Å²) in [5, 5.41) is 3.72. The number of carbonyl (C=O) groups is 1. The highest BCUT2D eigenvalue weighted by molar-refractivity contribution is 7.09. The lowest BCUT2D eigenvalue weighted by molar-refractivity contribution is -0.119. The zero-order valence-corrected chi connectivity index (χ0v) is 16.0. The molecule has 0 N–H and O–H groups in total. The van der Waals surface area contributed by atoms with Gasteiger partial charge in [-0.25, -0.2) is 4.98 Å². The van der Waals surface area contributed by atoms with E-state index in [1.807, 2.05) is 24.3 Å². The van der Waals surface area contributed by atoms with Crippen molar-refractivity contribution in [2.24, 2.45) is 0 Å². The van der Waals surface area contributed by atoms with Crippen molar-refractivity contribution in [2.75, 3.05) is 11.4 Å². The van der Waals surface area contributed by atoms with Crippen LogP contribution in [-0.4, -0.2) is 23.4 Å². The average Bonchev–Trinajstić information content (AvgIpc) is 3.16. The Morgan fingerprint density at radius 1 is 1.33 bits per heavy atom. The monoisotopic (exact) mass is 362 g/mol. The number of nitrogens with zero attached hydrogens (tertiary/aromatic N) is 2. The molecule has 3 nitrogen and oxygen atoms in total. The van der Waals surface area contributed by atoms with Crippen LogP contribution in [-0.2, 0) is 16.6 Å².